The number of anilines is 2. The predicted molar refractivity (Wildman–Crippen MR) is 111 cm³/mol. The fourth-order valence-corrected chi connectivity index (χ4v) is 2.64. The van der Waals surface area contributed by atoms with E-state index in [0.717, 1.165) is 5.56 Å². The summed E-state index contributed by atoms with van der Waals surface area (Å²) in [5.41, 5.74) is 1.98. The number of amides is 3. The molecule has 8 nitrogen and oxygen atoms in total. The molecule has 2 heterocycles. The summed E-state index contributed by atoms with van der Waals surface area (Å²) in [5, 5.41) is 8.07. The minimum Gasteiger partial charge on any atom is -0.334 e. The van der Waals surface area contributed by atoms with Crippen molar-refractivity contribution < 1.29 is 9.59 Å². The van der Waals surface area contributed by atoms with E-state index >= 15 is 0 Å². The second-order valence-corrected chi connectivity index (χ2v) is 6.21. The summed E-state index contributed by atoms with van der Waals surface area (Å²) < 4.78 is 1.51. The van der Waals surface area contributed by atoms with Gasteiger partial charge in [-0.3, -0.25) is 14.6 Å². The number of carbonyl (C=O) groups excluding carboxylic acids is 2. The van der Waals surface area contributed by atoms with E-state index in [-0.39, 0.29) is 23.7 Å². The Hall–Kier alpha value is -3.94. The molecule has 0 saturated carbocycles. The number of hydrogen-bond acceptors (Lipinski definition) is 4. The summed E-state index contributed by atoms with van der Waals surface area (Å²) in [4.78, 5) is 40.2. The highest BCUT2D eigenvalue weighted by Crippen LogP contribution is 2.11. The van der Waals surface area contributed by atoms with Gasteiger partial charge in [0.1, 0.15) is 5.69 Å². The minimum atomic E-state index is -0.467. The molecule has 0 atom stereocenters. The van der Waals surface area contributed by atoms with Crippen molar-refractivity contribution in [3.8, 4) is 0 Å². The van der Waals surface area contributed by atoms with Crippen LogP contribution in [0.15, 0.2) is 71.9 Å². The lowest BCUT2D eigenvalue weighted by atomic mass is 10.2. The fourth-order valence-electron chi connectivity index (χ4n) is 2.64. The molecule has 2 aromatic heterocycles. The Bertz CT molecular complexity index is 1050. The molecule has 29 heavy (non-hydrogen) atoms. The number of aryl methyl sites for hydroxylation is 1. The van der Waals surface area contributed by atoms with E-state index in [0.29, 0.717) is 17.8 Å². The van der Waals surface area contributed by atoms with E-state index in [1.54, 1.807) is 67.1 Å². The molecule has 0 aliphatic heterocycles. The third kappa shape index (κ3) is 5.29. The Morgan fingerprint density at radius 2 is 1.72 bits per heavy atom. The van der Waals surface area contributed by atoms with Crippen LogP contribution in [0.1, 0.15) is 22.8 Å². The largest absolute Gasteiger partial charge is 0.334 e. The van der Waals surface area contributed by atoms with E-state index in [4.69, 9.17) is 0 Å². The molecule has 0 bridgehead atoms. The van der Waals surface area contributed by atoms with E-state index in [1.807, 2.05) is 6.92 Å². The number of pyridine rings is 2. The van der Waals surface area contributed by atoms with Crippen LogP contribution in [0, 0.1) is 0 Å². The second-order valence-electron chi connectivity index (χ2n) is 6.21. The van der Waals surface area contributed by atoms with Crippen LogP contribution in [0.4, 0.5) is 16.2 Å². The minimum absolute atomic E-state index is 0.223. The summed E-state index contributed by atoms with van der Waals surface area (Å²) in [6, 6.07) is 13.2. The molecular weight excluding hydrogens is 370 g/mol. The monoisotopic (exact) mass is 391 g/mol. The van der Waals surface area contributed by atoms with Gasteiger partial charge in [-0.1, -0.05) is 12.1 Å². The molecule has 0 radical (unpaired) electrons. The van der Waals surface area contributed by atoms with Gasteiger partial charge >= 0.3 is 6.03 Å². The van der Waals surface area contributed by atoms with Gasteiger partial charge in [-0.25, -0.2) is 4.79 Å². The van der Waals surface area contributed by atoms with Gasteiger partial charge in [-0.05, 0) is 48.9 Å². The van der Waals surface area contributed by atoms with Crippen molar-refractivity contribution in [3.63, 3.8) is 0 Å². The Morgan fingerprint density at radius 3 is 2.41 bits per heavy atom. The molecule has 3 amide bonds. The zero-order valence-corrected chi connectivity index (χ0v) is 15.9. The zero-order chi connectivity index (χ0) is 20.6. The summed E-state index contributed by atoms with van der Waals surface area (Å²) in [6.45, 7) is 2.66. The molecule has 0 unspecified atom stereocenters. The molecule has 0 aliphatic rings. The van der Waals surface area contributed by atoms with Gasteiger partial charge in [0.05, 0.1) is 0 Å². The van der Waals surface area contributed by atoms with Gasteiger partial charge in [0.25, 0.3) is 11.5 Å². The van der Waals surface area contributed by atoms with Crippen LogP contribution < -0.4 is 21.5 Å². The van der Waals surface area contributed by atoms with Gasteiger partial charge in [0, 0.05) is 42.9 Å². The molecule has 0 spiro atoms. The Kier molecular flexibility index (Phi) is 6.36. The Labute approximate surface area is 167 Å². The average molecular weight is 391 g/mol. The smallest absolute Gasteiger partial charge is 0.319 e. The molecule has 0 saturated heterocycles. The van der Waals surface area contributed by atoms with Gasteiger partial charge in [0.2, 0.25) is 0 Å². The lowest BCUT2D eigenvalue weighted by Crippen LogP contribution is -2.32. The van der Waals surface area contributed by atoms with Crippen LogP contribution >= 0.6 is 0 Å². The third-order valence-electron chi connectivity index (χ3n) is 4.22. The highest BCUT2D eigenvalue weighted by molar-refractivity contribution is 6.04. The molecule has 148 valence electrons. The van der Waals surface area contributed by atoms with Gasteiger partial charge < -0.3 is 20.5 Å². The number of urea groups is 1. The van der Waals surface area contributed by atoms with E-state index < -0.39 is 6.03 Å². The second kappa shape index (κ2) is 9.32. The third-order valence-corrected chi connectivity index (χ3v) is 4.22. The SMILES string of the molecule is CCn1cccc(NC(=O)NCc2ccc(NC(=O)c3ccncc3)cc2)c1=O. The van der Waals surface area contributed by atoms with Gasteiger partial charge in [-0.15, -0.1) is 0 Å². The highest BCUT2D eigenvalue weighted by atomic mass is 16.2. The number of nitrogens with one attached hydrogen (secondary N) is 3. The van der Waals surface area contributed by atoms with Crippen LogP contribution in [0.3, 0.4) is 0 Å². The predicted octanol–water partition coefficient (Wildman–Crippen LogP) is 2.84. The molecule has 1 aromatic carbocycles. The molecule has 8 heteroatoms. The van der Waals surface area contributed by atoms with Crippen LogP contribution in [-0.2, 0) is 13.1 Å². The molecule has 0 aliphatic carbocycles. The number of hydrogen-bond donors (Lipinski definition) is 3. The summed E-state index contributed by atoms with van der Waals surface area (Å²) >= 11 is 0. The van der Waals surface area contributed by atoms with E-state index in [9.17, 15) is 14.4 Å². The van der Waals surface area contributed by atoms with Crippen LogP contribution in [0.25, 0.3) is 0 Å². The number of benzene rings is 1. The Morgan fingerprint density at radius 1 is 1.00 bits per heavy atom. The van der Waals surface area contributed by atoms with Crippen LogP contribution in [-0.4, -0.2) is 21.5 Å². The number of aromatic nitrogens is 2. The van der Waals surface area contributed by atoms with E-state index in [1.165, 1.54) is 4.57 Å². The van der Waals surface area contributed by atoms with Crippen molar-refractivity contribution in [3.05, 3.63) is 88.6 Å². The maximum Gasteiger partial charge on any atom is 0.319 e. The molecule has 0 fully saturated rings. The molecule has 3 N–H and O–H groups in total. The van der Waals surface area contributed by atoms with Crippen molar-refractivity contribution in [2.75, 3.05) is 10.6 Å². The fraction of sp³-hybridized carbons (Fsp3) is 0.143. The molecule has 3 rings (SSSR count). The standard InChI is InChI=1S/C21H21N5O3/c1-2-26-13-3-4-18(20(26)28)25-21(29)23-14-15-5-7-17(8-6-15)24-19(27)16-9-11-22-12-10-16/h3-13H,2,14H2,1H3,(H,24,27)(H2,23,25,29). The van der Waals surface area contributed by atoms with Crippen molar-refractivity contribution in [2.24, 2.45) is 0 Å². The van der Waals surface area contributed by atoms with Crippen molar-refractivity contribution in [1.82, 2.24) is 14.9 Å². The maximum absolute atomic E-state index is 12.1. The highest BCUT2D eigenvalue weighted by Gasteiger charge is 2.08. The number of carbonyl (C=O) groups is 2. The topological polar surface area (TPSA) is 105 Å². The number of nitrogens with zero attached hydrogens (tertiary/aromatic N) is 2. The summed E-state index contributed by atoms with van der Waals surface area (Å²) in [6.07, 6.45) is 4.78. The summed E-state index contributed by atoms with van der Waals surface area (Å²) in [7, 11) is 0. The zero-order valence-electron chi connectivity index (χ0n) is 15.9. The van der Waals surface area contributed by atoms with Crippen LogP contribution in [0.2, 0.25) is 0 Å². The van der Waals surface area contributed by atoms with Gasteiger partial charge in [0.15, 0.2) is 0 Å². The number of rotatable bonds is 6. The first-order valence-corrected chi connectivity index (χ1v) is 9.11. The molecule has 3 aromatic rings. The van der Waals surface area contributed by atoms with Gasteiger partial charge in [-0.2, -0.15) is 0 Å². The van der Waals surface area contributed by atoms with Crippen molar-refractivity contribution in [2.45, 2.75) is 20.0 Å². The first kappa shape index (κ1) is 19.8. The Balaban J connectivity index is 1.53. The van der Waals surface area contributed by atoms with E-state index in [2.05, 4.69) is 20.9 Å². The quantitative estimate of drug-likeness (QED) is 0.601. The summed E-state index contributed by atoms with van der Waals surface area (Å²) in [5.74, 6) is -0.224. The van der Waals surface area contributed by atoms with Crippen molar-refractivity contribution in [1.29, 1.82) is 0 Å². The first-order valence-electron chi connectivity index (χ1n) is 9.11. The molecular formula is C21H21N5O3. The maximum atomic E-state index is 12.1. The lowest BCUT2D eigenvalue weighted by Gasteiger charge is -2.10. The first-order chi connectivity index (χ1) is 14.1. The van der Waals surface area contributed by atoms with Crippen molar-refractivity contribution >= 4 is 23.3 Å². The average Bonchev–Trinajstić information content (AvgIpc) is 2.75. The normalized spacial score (nSPS) is 10.2. The van der Waals surface area contributed by atoms with Crippen LogP contribution in [0.5, 0.6) is 0 Å². The lowest BCUT2D eigenvalue weighted by molar-refractivity contribution is 0.102.